The summed E-state index contributed by atoms with van der Waals surface area (Å²) in [7, 11) is 0. The predicted octanol–water partition coefficient (Wildman–Crippen LogP) is 3.61. The lowest BCUT2D eigenvalue weighted by molar-refractivity contribution is -0.129. The SMILES string of the molecule is O=C(Nc1cccc(F)c1)C1CCN(c2ccc(Cl)cc2F)C1=O. The van der Waals surface area contributed by atoms with Gasteiger partial charge in [0.05, 0.1) is 5.69 Å². The maximum atomic E-state index is 14.0. The van der Waals surface area contributed by atoms with Crippen molar-refractivity contribution in [2.45, 2.75) is 6.42 Å². The van der Waals surface area contributed by atoms with Gasteiger partial charge >= 0.3 is 0 Å². The van der Waals surface area contributed by atoms with E-state index in [1.165, 1.54) is 35.2 Å². The van der Waals surface area contributed by atoms with E-state index in [1.807, 2.05) is 0 Å². The number of carbonyl (C=O) groups excluding carboxylic acids is 2. The van der Waals surface area contributed by atoms with E-state index in [-0.39, 0.29) is 29.4 Å². The largest absolute Gasteiger partial charge is 0.325 e. The van der Waals surface area contributed by atoms with E-state index in [0.29, 0.717) is 0 Å². The molecule has 1 atom stereocenters. The molecule has 3 rings (SSSR count). The maximum Gasteiger partial charge on any atom is 0.239 e. The first-order valence-electron chi connectivity index (χ1n) is 7.28. The van der Waals surface area contributed by atoms with Gasteiger partial charge in [0.15, 0.2) is 0 Å². The van der Waals surface area contributed by atoms with Crippen molar-refractivity contribution < 1.29 is 18.4 Å². The molecule has 0 radical (unpaired) electrons. The minimum Gasteiger partial charge on any atom is -0.325 e. The number of amides is 2. The number of hydrogen-bond donors (Lipinski definition) is 1. The third-order valence-corrected chi connectivity index (χ3v) is 4.05. The van der Waals surface area contributed by atoms with Gasteiger partial charge in [0, 0.05) is 17.3 Å². The van der Waals surface area contributed by atoms with Crippen LogP contribution in [0.4, 0.5) is 20.2 Å². The molecule has 4 nitrogen and oxygen atoms in total. The van der Waals surface area contributed by atoms with Gasteiger partial charge in [-0.2, -0.15) is 0 Å². The highest BCUT2D eigenvalue weighted by molar-refractivity contribution is 6.30. The Morgan fingerprint density at radius 2 is 2.00 bits per heavy atom. The molecule has 124 valence electrons. The van der Waals surface area contributed by atoms with E-state index >= 15 is 0 Å². The highest BCUT2D eigenvalue weighted by atomic mass is 35.5. The zero-order chi connectivity index (χ0) is 17.3. The van der Waals surface area contributed by atoms with Crippen molar-refractivity contribution in [1.29, 1.82) is 0 Å². The average molecular weight is 351 g/mol. The molecule has 2 amide bonds. The molecule has 2 aromatic rings. The van der Waals surface area contributed by atoms with Gasteiger partial charge in [-0.1, -0.05) is 17.7 Å². The molecule has 1 saturated heterocycles. The third-order valence-electron chi connectivity index (χ3n) is 3.81. The van der Waals surface area contributed by atoms with E-state index in [9.17, 15) is 18.4 Å². The lowest BCUT2D eigenvalue weighted by atomic mass is 10.1. The molecular weight excluding hydrogens is 338 g/mol. The van der Waals surface area contributed by atoms with Crippen LogP contribution >= 0.6 is 11.6 Å². The Labute approximate surface area is 142 Å². The fourth-order valence-electron chi connectivity index (χ4n) is 2.66. The number of nitrogens with zero attached hydrogens (tertiary/aromatic N) is 1. The molecule has 0 spiro atoms. The van der Waals surface area contributed by atoms with Crippen molar-refractivity contribution in [3.8, 4) is 0 Å². The molecule has 7 heteroatoms. The summed E-state index contributed by atoms with van der Waals surface area (Å²) in [6, 6.07) is 9.39. The van der Waals surface area contributed by atoms with Crippen molar-refractivity contribution in [2.24, 2.45) is 5.92 Å². The maximum absolute atomic E-state index is 14.0. The van der Waals surface area contributed by atoms with Crippen LogP contribution in [0.3, 0.4) is 0 Å². The molecule has 1 aliphatic heterocycles. The van der Waals surface area contributed by atoms with E-state index < -0.39 is 29.4 Å². The number of rotatable bonds is 3. The molecule has 0 aromatic heterocycles. The second-order valence-electron chi connectivity index (χ2n) is 5.43. The van der Waals surface area contributed by atoms with E-state index in [0.717, 1.165) is 12.1 Å². The van der Waals surface area contributed by atoms with Gasteiger partial charge in [0.2, 0.25) is 11.8 Å². The summed E-state index contributed by atoms with van der Waals surface area (Å²) < 4.78 is 27.1. The van der Waals surface area contributed by atoms with Gasteiger partial charge in [-0.25, -0.2) is 8.78 Å². The molecule has 1 heterocycles. The Morgan fingerprint density at radius 1 is 1.21 bits per heavy atom. The van der Waals surface area contributed by atoms with Gasteiger partial charge in [-0.3, -0.25) is 9.59 Å². The van der Waals surface area contributed by atoms with Gasteiger partial charge in [0.25, 0.3) is 0 Å². The Kier molecular flexibility index (Phi) is 4.49. The first-order valence-corrected chi connectivity index (χ1v) is 7.66. The summed E-state index contributed by atoms with van der Waals surface area (Å²) in [5.41, 5.74) is 0.356. The summed E-state index contributed by atoms with van der Waals surface area (Å²) in [6.07, 6.45) is 0.252. The number of hydrogen-bond acceptors (Lipinski definition) is 2. The fourth-order valence-corrected chi connectivity index (χ4v) is 2.82. The van der Waals surface area contributed by atoms with E-state index in [4.69, 9.17) is 11.6 Å². The molecular formula is C17H13ClF2N2O2. The van der Waals surface area contributed by atoms with E-state index in [2.05, 4.69) is 5.32 Å². The summed E-state index contributed by atoms with van der Waals surface area (Å²) in [6.45, 7) is 0.221. The lowest BCUT2D eigenvalue weighted by Crippen LogP contribution is -2.33. The minimum absolute atomic E-state index is 0.0884. The van der Waals surface area contributed by atoms with Gasteiger partial charge < -0.3 is 10.2 Å². The predicted molar refractivity (Wildman–Crippen MR) is 86.9 cm³/mol. The highest BCUT2D eigenvalue weighted by Gasteiger charge is 2.38. The number of carbonyl (C=O) groups is 2. The van der Waals surface area contributed by atoms with Crippen molar-refractivity contribution in [3.63, 3.8) is 0 Å². The van der Waals surface area contributed by atoms with Crippen LogP contribution < -0.4 is 10.2 Å². The van der Waals surface area contributed by atoms with Crippen LogP contribution in [0.15, 0.2) is 42.5 Å². The van der Waals surface area contributed by atoms with Crippen LogP contribution in [-0.2, 0) is 9.59 Å². The fraction of sp³-hybridized carbons (Fsp3) is 0.176. The zero-order valence-electron chi connectivity index (χ0n) is 12.4. The number of benzene rings is 2. The summed E-state index contributed by atoms with van der Waals surface area (Å²) in [4.78, 5) is 25.9. The van der Waals surface area contributed by atoms with Crippen molar-refractivity contribution >= 4 is 34.8 Å². The standard InChI is InChI=1S/C17H13ClF2N2O2/c18-10-4-5-15(14(20)8-10)22-7-6-13(17(22)24)16(23)21-12-3-1-2-11(19)9-12/h1-5,8-9,13H,6-7H2,(H,21,23). The molecule has 0 bridgehead atoms. The third kappa shape index (κ3) is 3.23. The van der Waals surface area contributed by atoms with Gasteiger partial charge in [0.1, 0.15) is 17.6 Å². The molecule has 24 heavy (non-hydrogen) atoms. The van der Waals surface area contributed by atoms with Crippen LogP contribution in [0.5, 0.6) is 0 Å². The Bertz CT molecular complexity index is 813. The number of anilines is 2. The Morgan fingerprint density at radius 3 is 2.71 bits per heavy atom. The first kappa shape index (κ1) is 16.4. The summed E-state index contributed by atoms with van der Waals surface area (Å²) in [5, 5.41) is 2.73. The summed E-state index contributed by atoms with van der Waals surface area (Å²) >= 11 is 5.70. The molecule has 2 aromatic carbocycles. The van der Waals surface area contributed by atoms with Crippen LogP contribution in [0, 0.1) is 17.6 Å². The van der Waals surface area contributed by atoms with Crippen LogP contribution in [0.1, 0.15) is 6.42 Å². The van der Waals surface area contributed by atoms with Gasteiger partial charge in [-0.15, -0.1) is 0 Å². The molecule has 1 fully saturated rings. The molecule has 0 saturated carbocycles. The quantitative estimate of drug-likeness (QED) is 0.860. The second-order valence-corrected chi connectivity index (χ2v) is 5.86. The van der Waals surface area contributed by atoms with Gasteiger partial charge in [-0.05, 0) is 42.8 Å². The lowest BCUT2D eigenvalue weighted by Gasteiger charge is -2.17. The monoisotopic (exact) mass is 350 g/mol. The van der Waals surface area contributed by atoms with Crippen molar-refractivity contribution in [3.05, 3.63) is 59.1 Å². The topological polar surface area (TPSA) is 49.4 Å². The molecule has 0 aliphatic carbocycles. The highest BCUT2D eigenvalue weighted by Crippen LogP contribution is 2.29. The molecule has 1 N–H and O–H groups in total. The van der Waals surface area contributed by atoms with Crippen LogP contribution in [0.2, 0.25) is 5.02 Å². The minimum atomic E-state index is -0.941. The Hall–Kier alpha value is -2.47. The number of halogens is 3. The Balaban J connectivity index is 1.75. The second kappa shape index (κ2) is 6.57. The molecule has 1 unspecified atom stereocenters. The van der Waals surface area contributed by atoms with Crippen LogP contribution in [0.25, 0.3) is 0 Å². The smallest absolute Gasteiger partial charge is 0.239 e. The summed E-state index contributed by atoms with van der Waals surface area (Å²) in [5.74, 6) is -3.09. The average Bonchev–Trinajstić information content (AvgIpc) is 2.89. The number of nitrogens with one attached hydrogen (secondary N) is 1. The first-order chi connectivity index (χ1) is 11.5. The van der Waals surface area contributed by atoms with Crippen molar-refractivity contribution in [1.82, 2.24) is 0 Å². The van der Waals surface area contributed by atoms with Crippen molar-refractivity contribution in [2.75, 3.05) is 16.8 Å². The van der Waals surface area contributed by atoms with E-state index in [1.54, 1.807) is 0 Å². The zero-order valence-corrected chi connectivity index (χ0v) is 13.2. The normalized spacial score (nSPS) is 17.2. The molecule has 1 aliphatic rings. The van der Waals surface area contributed by atoms with Crippen LogP contribution in [-0.4, -0.2) is 18.4 Å².